The molecule has 2 aromatic rings. The second kappa shape index (κ2) is 9.45. The summed E-state index contributed by atoms with van der Waals surface area (Å²) in [5, 5.41) is 5.99. The lowest BCUT2D eigenvalue weighted by Crippen LogP contribution is -2.11. The molecule has 8 heteroatoms. The molecule has 1 N–H and O–H groups in total. The van der Waals surface area contributed by atoms with Crippen molar-refractivity contribution in [2.45, 2.75) is 26.7 Å². The fourth-order valence-corrected chi connectivity index (χ4v) is 2.56. The van der Waals surface area contributed by atoms with E-state index in [1.54, 1.807) is 12.1 Å². The zero-order chi connectivity index (χ0) is 16.5. The molecule has 5 nitrogen and oxygen atoms in total. The SMILES string of the molecule is CCCc1csc(NC(=O)c2ccc(C)c(Cl)c2)n1.O=S=O. The Kier molecular flexibility index (Phi) is 7.94. The van der Waals surface area contributed by atoms with E-state index in [1.165, 1.54) is 11.3 Å². The molecule has 0 aliphatic carbocycles. The van der Waals surface area contributed by atoms with Gasteiger partial charge in [0.05, 0.1) is 5.69 Å². The molecule has 1 aromatic carbocycles. The van der Waals surface area contributed by atoms with Gasteiger partial charge in [0.1, 0.15) is 0 Å². The Hall–Kier alpha value is -1.57. The van der Waals surface area contributed by atoms with E-state index >= 15 is 0 Å². The summed E-state index contributed by atoms with van der Waals surface area (Å²) in [6.45, 7) is 4.01. The standard InChI is InChI=1S/C14H15ClN2OS.O2S/c1-3-4-11-8-19-14(16-11)17-13(18)10-6-5-9(2)12(15)7-10;1-3-2/h5-8H,3-4H2,1-2H3,(H,16,17,18);. The number of hydrogen-bond donors (Lipinski definition) is 1. The Morgan fingerprint density at radius 1 is 1.41 bits per heavy atom. The van der Waals surface area contributed by atoms with Gasteiger partial charge >= 0.3 is 11.6 Å². The Morgan fingerprint density at radius 2 is 2.09 bits per heavy atom. The largest absolute Gasteiger partial charge is 0.335 e. The van der Waals surface area contributed by atoms with Crippen molar-refractivity contribution < 1.29 is 13.2 Å². The molecular formula is C14H15ClN2O3S2. The predicted molar refractivity (Wildman–Crippen MR) is 89.2 cm³/mol. The molecule has 0 aliphatic rings. The van der Waals surface area contributed by atoms with Crippen LogP contribution in [0.5, 0.6) is 0 Å². The first kappa shape index (κ1) is 18.5. The average Bonchev–Trinajstić information content (AvgIpc) is 2.90. The first-order valence-corrected chi connectivity index (χ1v) is 8.38. The maximum absolute atomic E-state index is 12.0. The van der Waals surface area contributed by atoms with Crippen LogP contribution in [-0.4, -0.2) is 19.3 Å². The third-order valence-electron chi connectivity index (χ3n) is 2.71. The molecule has 0 saturated heterocycles. The quantitative estimate of drug-likeness (QED) is 0.905. The van der Waals surface area contributed by atoms with Crippen molar-refractivity contribution in [3.63, 3.8) is 0 Å². The van der Waals surface area contributed by atoms with Crippen LogP contribution < -0.4 is 5.32 Å². The minimum atomic E-state index is -0.750. The maximum Gasteiger partial charge on any atom is 0.335 e. The van der Waals surface area contributed by atoms with Crippen LogP contribution in [0.25, 0.3) is 0 Å². The smallest absolute Gasteiger partial charge is 0.298 e. The summed E-state index contributed by atoms with van der Waals surface area (Å²) in [7, 11) is 0. The van der Waals surface area contributed by atoms with Gasteiger partial charge in [-0.25, -0.2) is 4.98 Å². The molecule has 0 fully saturated rings. The lowest BCUT2D eigenvalue weighted by molar-refractivity contribution is 0.102. The average molecular weight is 359 g/mol. The molecule has 0 spiro atoms. The zero-order valence-electron chi connectivity index (χ0n) is 12.1. The Bertz CT molecular complexity index is 682. The number of anilines is 1. The highest BCUT2D eigenvalue weighted by molar-refractivity contribution is 7.51. The maximum atomic E-state index is 12.0. The minimum absolute atomic E-state index is 0.181. The van der Waals surface area contributed by atoms with Gasteiger partial charge in [-0.3, -0.25) is 10.1 Å². The molecular weight excluding hydrogens is 344 g/mol. The van der Waals surface area contributed by atoms with Gasteiger partial charge < -0.3 is 0 Å². The van der Waals surface area contributed by atoms with Gasteiger partial charge in [-0.05, 0) is 31.0 Å². The number of aryl methyl sites for hydroxylation is 2. The van der Waals surface area contributed by atoms with Gasteiger partial charge in [0.2, 0.25) is 0 Å². The van der Waals surface area contributed by atoms with Crippen LogP contribution in [0.15, 0.2) is 23.6 Å². The number of thiazole rings is 1. The Morgan fingerprint density at radius 3 is 2.68 bits per heavy atom. The third kappa shape index (κ3) is 5.67. The number of halogens is 1. The van der Waals surface area contributed by atoms with E-state index in [0.717, 1.165) is 24.1 Å². The Labute approximate surface area is 141 Å². The highest BCUT2D eigenvalue weighted by Gasteiger charge is 2.10. The molecule has 0 atom stereocenters. The summed E-state index contributed by atoms with van der Waals surface area (Å²) < 4.78 is 16.6. The number of rotatable bonds is 4. The van der Waals surface area contributed by atoms with Crippen molar-refractivity contribution in [3.05, 3.63) is 45.4 Å². The molecule has 0 bridgehead atoms. The lowest BCUT2D eigenvalue weighted by Gasteiger charge is -2.03. The van der Waals surface area contributed by atoms with Crippen LogP contribution >= 0.6 is 22.9 Å². The third-order valence-corrected chi connectivity index (χ3v) is 3.93. The summed E-state index contributed by atoms with van der Waals surface area (Å²) in [6, 6.07) is 5.27. The van der Waals surface area contributed by atoms with Crippen molar-refractivity contribution in [2.75, 3.05) is 5.32 Å². The van der Waals surface area contributed by atoms with Crippen molar-refractivity contribution >= 4 is 45.5 Å². The van der Waals surface area contributed by atoms with E-state index in [4.69, 9.17) is 20.0 Å². The van der Waals surface area contributed by atoms with Crippen LogP contribution in [0.4, 0.5) is 5.13 Å². The van der Waals surface area contributed by atoms with Gasteiger partial charge in [0.15, 0.2) is 5.13 Å². The van der Waals surface area contributed by atoms with E-state index in [-0.39, 0.29) is 5.91 Å². The minimum Gasteiger partial charge on any atom is -0.298 e. The number of amides is 1. The lowest BCUT2D eigenvalue weighted by atomic mass is 10.1. The van der Waals surface area contributed by atoms with E-state index in [1.807, 2.05) is 18.4 Å². The number of carbonyl (C=O) groups is 1. The van der Waals surface area contributed by atoms with E-state index < -0.39 is 11.6 Å². The topological polar surface area (TPSA) is 76.1 Å². The molecule has 1 aromatic heterocycles. The van der Waals surface area contributed by atoms with Crippen LogP contribution in [0.2, 0.25) is 5.02 Å². The van der Waals surface area contributed by atoms with E-state index in [2.05, 4.69) is 17.2 Å². The first-order chi connectivity index (χ1) is 10.5. The second-order valence-corrected chi connectivity index (χ2v) is 5.78. The summed E-state index contributed by atoms with van der Waals surface area (Å²) in [5.74, 6) is -0.181. The van der Waals surface area contributed by atoms with Crippen molar-refractivity contribution in [2.24, 2.45) is 0 Å². The summed E-state index contributed by atoms with van der Waals surface area (Å²) in [6.07, 6.45) is 1.98. The van der Waals surface area contributed by atoms with Crippen LogP contribution in [0, 0.1) is 6.92 Å². The molecule has 1 heterocycles. The van der Waals surface area contributed by atoms with Crippen LogP contribution in [0.3, 0.4) is 0 Å². The number of aromatic nitrogens is 1. The fourth-order valence-electron chi connectivity index (χ4n) is 1.64. The van der Waals surface area contributed by atoms with Crippen LogP contribution in [0.1, 0.15) is 35.0 Å². The van der Waals surface area contributed by atoms with Gasteiger partial charge in [0.25, 0.3) is 5.91 Å². The Balaban J connectivity index is 0.000000745. The monoisotopic (exact) mass is 358 g/mol. The van der Waals surface area contributed by atoms with Gasteiger partial charge in [-0.15, -0.1) is 11.3 Å². The first-order valence-electron chi connectivity index (χ1n) is 6.45. The number of hydrogen-bond acceptors (Lipinski definition) is 5. The van der Waals surface area contributed by atoms with E-state index in [0.29, 0.717) is 15.7 Å². The van der Waals surface area contributed by atoms with Gasteiger partial charge in [-0.2, -0.15) is 8.42 Å². The van der Waals surface area contributed by atoms with Gasteiger partial charge in [0, 0.05) is 16.0 Å². The predicted octanol–water partition coefficient (Wildman–Crippen LogP) is 3.64. The van der Waals surface area contributed by atoms with E-state index in [9.17, 15) is 4.79 Å². The second-order valence-electron chi connectivity index (χ2n) is 4.38. The summed E-state index contributed by atoms with van der Waals surface area (Å²) in [5.41, 5.74) is 2.52. The molecule has 2 rings (SSSR count). The van der Waals surface area contributed by atoms with Crippen molar-refractivity contribution in [1.29, 1.82) is 0 Å². The molecule has 0 radical (unpaired) electrons. The number of benzene rings is 1. The number of nitrogens with zero attached hydrogens (tertiary/aromatic N) is 1. The molecule has 0 aliphatic heterocycles. The molecule has 1 amide bonds. The number of carbonyl (C=O) groups excluding carboxylic acids is 1. The fraction of sp³-hybridized carbons (Fsp3) is 0.286. The normalized spacial score (nSPS) is 9.59. The molecule has 0 saturated carbocycles. The highest BCUT2D eigenvalue weighted by Crippen LogP contribution is 2.20. The zero-order valence-corrected chi connectivity index (χ0v) is 14.5. The molecule has 22 heavy (non-hydrogen) atoms. The molecule has 0 unspecified atom stereocenters. The van der Waals surface area contributed by atoms with Gasteiger partial charge in [-0.1, -0.05) is 31.0 Å². The highest BCUT2D eigenvalue weighted by atomic mass is 35.5. The summed E-state index contributed by atoms with van der Waals surface area (Å²) >= 11 is 6.71. The summed E-state index contributed by atoms with van der Waals surface area (Å²) in [4.78, 5) is 16.4. The van der Waals surface area contributed by atoms with Crippen molar-refractivity contribution in [3.8, 4) is 0 Å². The van der Waals surface area contributed by atoms with Crippen LogP contribution in [-0.2, 0) is 18.0 Å². The molecule has 118 valence electrons. The number of nitrogens with one attached hydrogen (secondary N) is 1. The van der Waals surface area contributed by atoms with Crippen molar-refractivity contribution in [1.82, 2.24) is 4.98 Å².